The van der Waals surface area contributed by atoms with E-state index in [9.17, 15) is 0 Å². The van der Waals surface area contributed by atoms with Crippen LogP contribution in [0.1, 0.15) is 28.9 Å². The first-order chi connectivity index (χ1) is 7.70. The number of anilines is 1. The molecule has 0 saturated heterocycles. The van der Waals surface area contributed by atoms with Gasteiger partial charge in [-0.05, 0) is 24.8 Å². The van der Waals surface area contributed by atoms with E-state index in [0.29, 0.717) is 5.82 Å². The van der Waals surface area contributed by atoms with Gasteiger partial charge in [0.15, 0.2) is 0 Å². The number of nitrogens with two attached hydrogens (primary N) is 1. The van der Waals surface area contributed by atoms with Gasteiger partial charge in [-0.3, -0.25) is 0 Å². The Kier molecular flexibility index (Phi) is 3.19. The van der Waals surface area contributed by atoms with Crippen molar-refractivity contribution in [2.24, 2.45) is 0 Å². The smallest absolute Gasteiger partial charge is 0.136 e. The molecule has 0 bridgehead atoms. The van der Waals surface area contributed by atoms with Gasteiger partial charge in [-0.25, -0.2) is 9.97 Å². The van der Waals surface area contributed by atoms with Crippen LogP contribution >= 0.6 is 11.3 Å². The van der Waals surface area contributed by atoms with Gasteiger partial charge in [-0.1, -0.05) is 13.0 Å². The molecule has 3 nitrogen and oxygen atoms in total. The Bertz CT molecular complexity index is 477. The molecule has 16 heavy (non-hydrogen) atoms. The van der Waals surface area contributed by atoms with Crippen LogP contribution in [0.4, 0.5) is 5.82 Å². The van der Waals surface area contributed by atoms with Gasteiger partial charge in [-0.2, -0.15) is 0 Å². The third kappa shape index (κ3) is 2.22. The van der Waals surface area contributed by atoms with Crippen molar-refractivity contribution in [2.75, 3.05) is 5.73 Å². The van der Waals surface area contributed by atoms with Crippen LogP contribution in [0.5, 0.6) is 0 Å². The molecule has 0 aliphatic heterocycles. The highest BCUT2D eigenvalue weighted by Crippen LogP contribution is 2.17. The van der Waals surface area contributed by atoms with E-state index in [1.807, 2.05) is 13.0 Å². The van der Waals surface area contributed by atoms with Crippen molar-refractivity contribution in [3.8, 4) is 0 Å². The Morgan fingerprint density at radius 3 is 2.81 bits per heavy atom. The Hall–Kier alpha value is -1.42. The van der Waals surface area contributed by atoms with Crippen LogP contribution in [-0.4, -0.2) is 9.97 Å². The number of thiophene rings is 1. The molecule has 2 aromatic rings. The minimum Gasteiger partial charge on any atom is -0.383 e. The molecule has 0 saturated carbocycles. The molecule has 0 spiro atoms. The van der Waals surface area contributed by atoms with Gasteiger partial charge in [0.2, 0.25) is 0 Å². The van der Waals surface area contributed by atoms with Crippen LogP contribution in [0.25, 0.3) is 0 Å². The van der Waals surface area contributed by atoms with Crippen molar-refractivity contribution >= 4 is 17.2 Å². The zero-order valence-corrected chi connectivity index (χ0v) is 10.3. The predicted molar refractivity (Wildman–Crippen MR) is 67.7 cm³/mol. The maximum atomic E-state index is 5.88. The van der Waals surface area contributed by atoms with Crippen LogP contribution in [-0.2, 0) is 12.8 Å². The van der Waals surface area contributed by atoms with E-state index in [-0.39, 0.29) is 0 Å². The van der Waals surface area contributed by atoms with Crippen LogP contribution in [0.15, 0.2) is 17.5 Å². The second kappa shape index (κ2) is 4.61. The summed E-state index contributed by atoms with van der Waals surface area (Å²) in [5.41, 5.74) is 7.94. The lowest BCUT2D eigenvalue weighted by atomic mass is 10.2. The molecule has 84 valence electrons. The lowest BCUT2D eigenvalue weighted by Crippen LogP contribution is -2.06. The molecule has 0 unspecified atom stereocenters. The SMILES string of the molecule is CCc1nc(Cc2cccs2)nc(N)c1C. The fourth-order valence-electron chi connectivity index (χ4n) is 1.63. The van der Waals surface area contributed by atoms with Gasteiger partial charge in [0.1, 0.15) is 11.6 Å². The third-order valence-corrected chi connectivity index (χ3v) is 3.45. The minimum absolute atomic E-state index is 0.610. The standard InChI is InChI=1S/C12H15N3S/c1-3-10-8(2)12(13)15-11(14-10)7-9-5-4-6-16-9/h4-6H,3,7H2,1-2H3,(H2,13,14,15). The number of nitrogen functional groups attached to an aromatic ring is 1. The van der Waals surface area contributed by atoms with Gasteiger partial charge in [0.25, 0.3) is 0 Å². The lowest BCUT2D eigenvalue weighted by molar-refractivity contribution is 0.900. The molecule has 0 aliphatic rings. The maximum Gasteiger partial charge on any atom is 0.136 e. The first-order valence-electron chi connectivity index (χ1n) is 5.35. The lowest BCUT2D eigenvalue weighted by Gasteiger charge is -2.07. The maximum absolute atomic E-state index is 5.88. The molecule has 2 rings (SSSR count). The van der Waals surface area contributed by atoms with Crippen molar-refractivity contribution in [1.82, 2.24) is 9.97 Å². The average molecular weight is 233 g/mol. The minimum atomic E-state index is 0.610. The Balaban J connectivity index is 2.32. The zero-order chi connectivity index (χ0) is 11.5. The largest absolute Gasteiger partial charge is 0.383 e. The van der Waals surface area contributed by atoms with Gasteiger partial charge in [-0.15, -0.1) is 11.3 Å². The molecular weight excluding hydrogens is 218 g/mol. The van der Waals surface area contributed by atoms with E-state index in [1.54, 1.807) is 11.3 Å². The molecule has 0 atom stereocenters. The second-order valence-electron chi connectivity index (χ2n) is 3.71. The Labute approximate surface area is 99.4 Å². The molecule has 4 heteroatoms. The average Bonchev–Trinajstić information content (AvgIpc) is 2.76. The Morgan fingerprint density at radius 2 is 2.19 bits per heavy atom. The molecule has 0 fully saturated rings. The monoisotopic (exact) mass is 233 g/mol. The van der Waals surface area contributed by atoms with E-state index >= 15 is 0 Å². The first kappa shape index (κ1) is 11.1. The molecule has 0 aliphatic carbocycles. The highest BCUT2D eigenvalue weighted by Gasteiger charge is 2.08. The van der Waals surface area contributed by atoms with Crippen molar-refractivity contribution < 1.29 is 0 Å². The van der Waals surface area contributed by atoms with Crippen LogP contribution < -0.4 is 5.73 Å². The number of hydrogen-bond acceptors (Lipinski definition) is 4. The molecule has 0 aromatic carbocycles. The summed E-state index contributed by atoms with van der Waals surface area (Å²) < 4.78 is 0. The van der Waals surface area contributed by atoms with Crippen molar-refractivity contribution in [2.45, 2.75) is 26.7 Å². The van der Waals surface area contributed by atoms with Crippen LogP contribution in [0, 0.1) is 6.92 Å². The van der Waals surface area contributed by atoms with E-state index in [0.717, 1.165) is 29.9 Å². The summed E-state index contributed by atoms with van der Waals surface area (Å²) in [5, 5.41) is 2.06. The molecular formula is C12H15N3S. The molecule has 0 radical (unpaired) electrons. The summed E-state index contributed by atoms with van der Waals surface area (Å²) in [6, 6.07) is 4.13. The first-order valence-corrected chi connectivity index (χ1v) is 6.23. The van der Waals surface area contributed by atoms with E-state index in [1.165, 1.54) is 4.88 Å². The van der Waals surface area contributed by atoms with Crippen LogP contribution in [0.2, 0.25) is 0 Å². The summed E-state index contributed by atoms with van der Waals surface area (Å²) in [4.78, 5) is 10.1. The predicted octanol–water partition coefficient (Wildman–Crippen LogP) is 2.58. The van der Waals surface area contributed by atoms with Crippen molar-refractivity contribution in [3.05, 3.63) is 39.5 Å². The van der Waals surface area contributed by atoms with E-state index in [4.69, 9.17) is 5.73 Å². The van der Waals surface area contributed by atoms with Crippen molar-refractivity contribution in [3.63, 3.8) is 0 Å². The normalized spacial score (nSPS) is 10.6. The highest BCUT2D eigenvalue weighted by molar-refractivity contribution is 7.09. The fourth-order valence-corrected chi connectivity index (χ4v) is 2.33. The zero-order valence-electron chi connectivity index (χ0n) is 9.53. The van der Waals surface area contributed by atoms with Crippen LogP contribution in [0.3, 0.4) is 0 Å². The van der Waals surface area contributed by atoms with Crippen molar-refractivity contribution in [1.29, 1.82) is 0 Å². The number of rotatable bonds is 3. The van der Waals surface area contributed by atoms with Gasteiger partial charge < -0.3 is 5.73 Å². The summed E-state index contributed by atoms with van der Waals surface area (Å²) in [6.07, 6.45) is 1.67. The number of aromatic nitrogens is 2. The van der Waals surface area contributed by atoms with E-state index in [2.05, 4.69) is 28.3 Å². The Morgan fingerprint density at radius 1 is 1.38 bits per heavy atom. The van der Waals surface area contributed by atoms with E-state index < -0.39 is 0 Å². The van der Waals surface area contributed by atoms with Gasteiger partial charge in [0.05, 0.1) is 0 Å². The summed E-state index contributed by atoms with van der Waals surface area (Å²) in [5.74, 6) is 1.43. The fraction of sp³-hybridized carbons (Fsp3) is 0.333. The number of hydrogen-bond donors (Lipinski definition) is 1. The number of aryl methyl sites for hydroxylation is 1. The summed E-state index contributed by atoms with van der Waals surface area (Å²) >= 11 is 1.72. The second-order valence-corrected chi connectivity index (χ2v) is 4.74. The molecule has 0 amide bonds. The molecule has 2 heterocycles. The highest BCUT2D eigenvalue weighted by atomic mass is 32.1. The van der Waals surface area contributed by atoms with Gasteiger partial charge in [0, 0.05) is 22.6 Å². The topological polar surface area (TPSA) is 51.8 Å². The van der Waals surface area contributed by atoms with Gasteiger partial charge >= 0.3 is 0 Å². The number of nitrogens with zero attached hydrogens (tertiary/aromatic N) is 2. The summed E-state index contributed by atoms with van der Waals surface area (Å²) in [7, 11) is 0. The molecule has 2 aromatic heterocycles. The summed E-state index contributed by atoms with van der Waals surface area (Å²) in [6.45, 7) is 4.06. The third-order valence-electron chi connectivity index (χ3n) is 2.58. The quantitative estimate of drug-likeness (QED) is 0.886. The molecule has 2 N–H and O–H groups in total.